The molecule has 0 amide bonds. The van der Waals surface area contributed by atoms with E-state index in [0.29, 0.717) is 12.0 Å². The Bertz CT molecular complexity index is 406. The molecule has 1 N–H and O–H groups in total. The number of ether oxygens (including phenoxy) is 2. The number of furan rings is 1. The first kappa shape index (κ1) is 15.1. The summed E-state index contributed by atoms with van der Waals surface area (Å²) in [6.07, 6.45) is 7.19. The van der Waals surface area contributed by atoms with E-state index in [1.165, 1.54) is 0 Å². The fraction of sp³-hybridized carbons (Fsp3) is 0.765. The van der Waals surface area contributed by atoms with Crippen molar-refractivity contribution < 1.29 is 13.9 Å². The summed E-state index contributed by atoms with van der Waals surface area (Å²) < 4.78 is 17.4. The van der Waals surface area contributed by atoms with Crippen LogP contribution in [0.2, 0.25) is 0 Å². The van der Waals surface area contributed by atoms with Crippen molar-refractivity contribution in [3.63, 3.8) is 0 Å². The SMILES string of the molecule is CCCNC(c1ccco1)C1CCOC2(CCOCC2)C1. The van der Waals surface area contributed by atoms with Gasteiger partial charge in [0.25, 0.3) is 0 Å². The summed E-state index contributed by atoms with van der Waals surface area (Å²) in [6, 6.07) is 4.39. The van der Waals surface area contributed by atoms with E-state index in [2.05, 4.69) is 18.3 Å². The molecule has 1 aromatic heterocycles. The molecule has 0 radical (unpaired) electrons. The number of hydrogen-bond acceptors (Lipinski definition) is 4. The smallest absolute Gasteiger partial charge is 0.120 e. The van der Waals surface area contributed by atoms with Gasteiger partial charge in [-0.3, -0.25) is 0 Å². The van der Waals surface area contributed by atoms with Crippen molar-refractivity contribution in [1.29, 1.82) is 0 Å². The van der Waals surface area contributed by atoms with Gasteiger partial charge in [-0.2, -0.15) is 0 Å². The highest BCUT2D eigenvalue weighted by atomic mass is 16.5. The molecule has 2 fully saturated rings. The monoisotopic (exact) mass is 293 g/mol. The molecule has 2 aliphatic heterocycles. The molecule has 2 unspecified atom stereocenters. The van der Waals surface area contributed by atoms with Crippen molar-refractivity contribution in [3.05, 3.63) is 24.2 Å². The molecule has 2 saturated heterocycles. The Labute approximate surface area is 127 Å². The van der Waals surface area contributed by atoms with Crippen molar-refractivity contribution in [3.8, 4) is 0 Å². The predicted octanol–water partition coefficient (Wildman–Crippen LogP) is 3.30. The maximum Gasteiger partial charge on any atom is 0.120 e. The molecule has 0 saturated carbocycles. The Morgan fingerprint density at radius 1 is 1.33 bits per heavy atom. The number of hydrogen-bond donors (Lipinski definition) is 1. The van der Waals surface area contributed by atoms with E-state index in [9.17, 15) is 0 Å². The molecule has 1 aromatic rings. The molecule has 4 heteroatoms. The first-order valence-corrected chi connectivity index (χ1v) is 8.31. The lowest BCUT2D eigenvalue weighted by atomic mass is 9.77. The molecule has 4 nitrogen and oxygen atoms in total. The topological polar surface area (TPSA) is 43.6 Å². The van der Waals surface area contributed by atoms with Crippen LogP contribution in [0.25, 0.3) is 0 Å². The molecule has 3 heterocycles. The highest BCUT2D eigenvalue weighted by Gasteiger charge is 2.42. The summed E-state index contributed by atoms with van der Waals surface area (Å²) in [5.41, 5.74) is 0.0416. The van der Waals surface area contributed by atoms with Crippen LogP contribution in [0.3, 0.4) is 0 Å². The van der Waals surface area contributed by atoms with Gasteiger partial charge in [0, 0.05) is 19.8 Å². The summed E-state index contributed by atoms with van der Waals surface area (Å²) in [7, 11) is 0. The zero-order valence-corrected chi connectivity index (χ0v) is 13.0. The van der Waals surface area contributed by atoms with Crippen LogP contribution in [0.5, 0.6) is 0 Å². The van der Waals surface area contributed by atoms with Crippen LogP contribution in [-0.2, 0) is 9.47 Å². The summed E-state index contributed by atoms with van der Waals surface area (Å²) >= 11 is 0. The third-order valence-electron chi connectivity index (χ3n) is 4.87. The van der Waals surface area contributed by atoms with E-state index in [-0.39, 0.29) is 5.60 Å². The Morgan fingerprint density at radius 2 is 2.19 bits per heavy atom. The molecule has 1 spiro atoms. The van der Waals surface area contributed by atoms with E-state index in [1.807, 2.05) is 6.07 Å². The third-order valence-corrected chi connectivity index (χ3v) is 4.87. The standard InChI is InChI=1S/C17H27NO3/c1-2-8-18-16(15-4-3-9-20-15)14-5-10-21-17(13-14)6-11-19-12-7-17/h3-4,9,14,16,18H,2,5-8,10-13H2,1H3. The molecule has 2 atom stereocenters. The van der Waals surface area contributed by atoms with Gasteiger partial charge in [-0.1, -0.05) is 6.92 Å². The minimum absolute atomic E-state index is 0.0416. The lowest BCUT2D eigenvalue weighted by Gasteiger charge is -2.45. The van der Waals surface area contributed by atoms with E-state index < -0.39 is 0 Å². The largest absolute Gasteiger partial charge is 0.468 e. The minimum atomic E-state index is 0.0416. The van der Waals surface area contributed by atoms with Gasteiger partial charge in [-0.15, -0.1) is 0 Å². The second-order valence-corrected chi connectivity index (χ2v) is 6.34. The summed E-state index contributed by atoms with van der Waals surface area (Å²) in [5, 5.41) is 3.68. The van der Waals surface area contributed by atoms with Crippen LogP contribution in [-0.4, -0.2) is 32.0 Å². The van der Waals surface area contributed by atoms with Gasteiger partial charge in [-0.25, -0.2) is 0 Å². The van der Waals surface area contributed by atoms with Gasteiger partial charge >= 0.3 is 0 Å². The molecular weight excluding hydrogens is 266 g/mol. The molecule has 0 bridgehead atoms. The molecular formula is C17H27NO3. The Kier molecular flexibility index (Phi) is 4.99. The Morgan fingerprint density at radius 3 is 2.90 bits per heavy atom. The van der Waals surface area contributed by atoms with Gasteiger partial charge in [0.05, 0.1) is 17.9 Å². The second kappa shape index (κ2) is 6.95. The van der Waals surface area contributed by atoms with Crippen molar-refractivity contribution in [2.24, 2.45) is 5.92 Å². The predicted molar refractivity (Wildman–Crippen MR) is 81.2 cm³/mol. The molecule has 118 valence electrons. The first-order valence-electron chi connectivity index (χ1n) is 8.31. The zero-order chi connectivity index (χ0) is 14.5. The molecule has 0 aromatic carbocycles. The fourth-order valence-electron chi connectivity index (χ4n) is 3.71. The molecule has 3 rings (SSSR count). The lowest BCUT2D eigenvalue weighted by molar-refractivity contribution is -0.150. The minimum Gasteiger partial charge on any atom is -0.468 e. The van der Waals surface area contributed by atoms with Crippen molar-refractivity contribution >= 4 is 0 Å². The molecule has 21 heavy (non-hydrogen) atoms. The second-order valence-electron chi connectivity index (χ2n) is 6.34. The van der Waals surface area contributed by atoms with Crippen LogP contribution in [0, 0.1) is 5.92 Å². The van der Waals surface area contributed by atoms with Crippen molar-refractivity contribution in [1.82, 2.24) is 5.32 Å². The average molecular weight is 293 g/mol. The summed E-state index contributed by atoms with van der Waals surface area (Å²) in [4.78, 5) is 0. The van der Waals surface area contributed by atoms with E-state index in [1.54, 1.807) is 6.26 Å². The van der Waals surface area contributed by atoms with Crippen molar-refractivity contribution in [2.75, 3.05) is 26.4 Å². The van der Waals surface area contributed by atoms with Gasteiger partial charge < -0.3 is 19.2 Å². The quantitative estimate of drug-likeness (QED) is 0.904. The Balaban J connectivity index is 1.72. The van der Waals surface area contributed by atoms with Crippen LogP contribution in [0.1, 0.15) is 50.8 Å². The van der Waals surface area contributed by atoms with Crippen LogP contribution in [0.4, 0.5) is 0 Å². The summed E-state index contributed by atoms with van der Waals surface area (Å²) in [5.74, 6) is 1.65. The summed E-state index contributed by atoms with van der Waals surface area (Å²) in [6.45, 7) is 5.76. The highest BCUT2D eigenvalue weighted by molar-refractivity contribution is 5.08. The van der Waals surface area contributed by atoms with Gasteiger partial charge in [0.15, 0.2) is 0 Å². The van der Waals surface area contributed by atoms with Crippen LogP contribution >= 0.6 is 0 Å². The number of rotatable bonds is 5. The zero-order valence-electron chi connectivity index (χ0n) is 13.0. The normalized spacial score (nSPS) is 26.8. The third kappa shape index (κ3) is 3.50. The highest BCUT2D eigenvalue weighted by Crippen LogP contribution is 2.41. The fourth-order valence-corrected chi connectivity index (χ4v) is 3.71. The van der Waals surface area contributed by atoms with E-state index >= 15 is 0 Å². The first-order chi connectivity index (χ1) is 10.3. The maximum atomic E-state index is 6.17. The van der Waals surface area contributed by atoms with Gasteiger partial charge in [-0.05, 0) is 56.7 Å². The lowest BCUT2D eigenvalue weighted by Crippen LogP contribution is -2.47. The van der Waals surface area contributed by atoms with Crippen LogP contribution in [0.15, 0.2) is 22.8 Å². The van der Waals surface area contributed by atoms with Gasteiger partial charge in [0.1, 0.15) is 5.76 Å². The maximum absolute atomic E-state index is 6.17. The average Bonchev–Trinajstić information content (AvgIpc) is 3.03. The Hall–Kier alpha value is -0.840. The number of nitrogens with one attached hydrogen (secondary N) is 1. The molecule has 2 aliphatic rings. The van der Waals surface area contributed by atoms with Crippen LogP contribution < -0.4 is 5.32 Å². The molecule has 0 aliphatic carbocycles. The van der Waals surface area contributed by atoms with Crippen molar-refractivity contribution in [2.45, 2.75) is 50.7 Å². The van der Waals surface area contributed by atoms with E-state index in [0.717, 1.165) is 64.2 Å². The van der Waals surface area contributed by atoms with Gasteiger partial charge in [0.2, 0.25) is 0 Å². The van der Waals surface area contributed by atoms with E-state index in [4.69, 9.17) is 13.9 Å².